The quantitative estimate of drug-likeness (QED) is 0.785. The molecular weight excluding hydrogens is 178 g/mol. The SMILES string of the molecule is CCOCC(N)c1c(C)nn(C)c1C. The number of aryl methyl sites for hydroxylation is 2. The second-order valence-corrected chi connectivity index (χ2v) is 3.47. The van der Waals surface area contributed by atoms with Crippen molar-refractivity contribution in [2.24, 2.45) is 12.8 Å². The fraction of sp³-hybridized carbons (Fsp3) is 0.700. The van der Waals surface area contributed by atoms with Crippen LogP contribution < -0.4 is 5.73 Å². The van der Waals surface area contributed by atoms with Gasteiger partial charge in [0.25, 0.3) is 0 Å². The summed E-state index contributed by atoms with van der Waals surface area (Å²) in [5, 5.41) is 4.32. The first kappa shape index (κ1) is 11.2. The van der Waals surface area contributed by atoms with Crippen molar-refractivity contribution in [2.45, 2.75) is 26.8 Å². The topological polar surface area (TPSA) is 53.1 Å². The molecule has 80 valence electrons. The molecule has 0 bridgehead atoms. The Labute approximate surface area is 85.0 Å². The molecule has 0 radical (unpaired) electrons. The van der Waals surface area contributed by atoms with Crippen molar-refractivity contribution in [1.29, 1.82) is 0 Å². The van der Waals surface area contributed by atoms with Gasteiger partial charge in [-0.05, 0) is 20.8 Å². The van der Waals surface area contributed by atoms with Crippen LogP contribution in [-0.2, 0) is 11.8 Å². The summed E-state index contributed by atoms with van der Waals surface area (Å²) in [6.07, 6.45) is 0. The zero-order chi connectivity index (χ0) is 10.7. The number of hydrogen-bond acceptors (Lipinski definition) is 3. The van der Waals surface area contributed by atoms with E-state index in [1.807, 2.05) is 32.5 Å². The molecule has 1 atom stereocenters. The molecule has 0 saturated heterocycles. The third kappa shape index (κ3) is 2.13. The molecule has 1 aromatic heterocycles. The molecule has 1 heterocycles. The van der Waals surface area contributed by atoms with Gasteiger partial charge in [0, 0.05) is 24.9 Å². The van der Waals surface area contributed by atoms with Gasteiger partial charge in [0.2, 0.25) is 0 Å². The van der Waals surface area contributed by atoms with E-state index >= 15 is 0 Å². The lowest BCUT2D eigenvalue weighted by molar-refractivity contribution is 0.133. The predicted molar refractivity (Wildman–Crippen MR) is 56.1 cm³/mol. The van der Waals surface area contributed by atoms with Gasteiger partial charge >= 0.3 is 0 Å². The van der Waals surface area contributed by atoms with E-state index in [4.69, 9.17) is 10.5 Å². The Morgan fingerprint density at radius 2 is 2.14 bits per heavy atom. The van der Waals surface area contributed by atoms with Gasteiger partial charge in [-0.15, -0.1) is 0 Å². The first-order chi connectivity index (χ1) is 6.57. The van der Waals surface area contributed by atoms with Crippen molar-refractivity contribution >= 4 is 0 Å². The highest BCUT2D eigenvalue weighted by molar-refractivity contribution is 5.27. The zero-order valence-corrected chi connectivity index (χ0v) is 9.37. The molecule has 0 aliphatic heterocycles. The Morgan fingerprint density at radius 3 is 2.57 bits per heavy atom. The molecule has 0 amide bonds. The lowest BCUT2D eigenvalue weighted by Gasteiger charge is -2.11. The van der Waals surface area contributed by atoms with Crippen molar-refractivity contribution in [1.82, 2.24) is 9.78 Å². The minimum absolute atomic E-state index is 0.0661. The summed E-state index contributed by atoms with van der Waals surface area (Å²) in [5.41, 5.74) is 9.25. The molecular formula is C10H19N3O. The zero-order valence-electron chi connectivity index (χ0n) is 9.37. The molecule has 0 fully saturated rings. The van der Waals surface area contributed by atoms with Gasteiger partial charge in [0.1, 0.15) is 0 Å². The molecule has 14 heavy (non-hydrogen) atoms. The summed E-state index contributed by atoms with van der Waals surface area (Å²) >= 11 is 0. The lowest BCUT2D eigenvalue weighted by Crippen LogP contribution is -2.18. The standard InChI is InChI=1S/C10H19N3O/c1-5-14-6-9(11)10-7(2)12-13(4)8(10)3/h9H,5-6,11H2,1-4H3. The third-order valence-corrected chi connectivity index (χ3v) is 2.44. The van der Waals surface area contributed by atoms with E-state index < -0.39 is 0 Å². The van der Waals surface area contributed by atoms with E-state index in [2.05, 4.69) is 5.10 Å². The van der Waals surface area contributed by atoms with E-state index in [0.29, 0.717) is 13.2 Å². The van der Waals surface area contributed by atoms with Gasteiger partial charge in [0.05, 0.1) is 18.3 Å². The van der Waals surface area contributed by atoms with Gasteiger partial charge in [-0.25, -0.2) is 0 Å². The van der Waals surface area contributed by atoms with Crippen molar-refractivity contribution in [2.75, 3.05) is 13.2 Å². The van der Waals surface area contributed by atoms with Crippen LogP contribution in [0.3, 0.4) is 0 Å². The van der Waals surface area contributed by atoms with Crippen LogP contribution in [0.1, 0.15) is 29.9 Å². The van der Waals surface area contributed by atoms with Crippen LogP contribution in [0.25, 0.3) is 0 Å². The molecule has 4 heteroatoms. The molecule has 1 rings (SSSR count). The minimum atomic E-state index is -0.0661. The van der Waals surface area contributed by atoms with Gasteiger partial charge < -0.3 is 10.5 Å². The molecule has 4 nitrogen and oxygen atoms in total. The maximum atomic E-state index is 6.02. The van der Waals surface area contributed by atoms with E-state index in [1.54, 1.807) is 0 Å². The van der Waals surface area contributed by atoms with Gasteiger partial charge in [-0.1, -0.05) is 0 Å². The summed E-state index contributed by atoms with van der Waals surface area (Å²) in [6.45, 7) is 7.24. The molecule has 1 unspecified atom stereocenters. The molecule has 0 aliphatic carbocycles. The summed E-state index contributed by atoms with van der Waals surface area (Å²) in [7, 11) is 1.93. The highest BCUT2D eigenvalue weighted by Crippen LogP contribution is 2.19. The minimum Gasteiger partial charge on any atom is -0.380 e. The van der Waals surface area contributed by atoms with Crippen LogP contribution in [0.2, 0.25) is 0 Å². The van der Waals surface area contributed by atoms with Crippen molar-refractivity contribution in [3.8, 4) is 0 Å². The summed E-state index contributed by atoms with van der Waals surface area (Å²) in [6, 6.07) is -0.0661. The highest BCUT2D eigenvalue weighted by atomic mass is 16.5. The second kappa shape index (κ2) is 4.57. The molecule has 0 saturated carbocycles. The Balaban J connectivity index is 2.83. The van der Waals surface area contributed by atoms with Gasteiger partial charge in [-0.3, -0.25) is 4.68 Å². The summed E-state index contributed by atoms with van der Waals surface area (Å²) in [5.74, 6) is 0. The van der Waals surface area contributed by atoms with Crippen molar-refractivity contribution in [3.63, 3.8) is 0 Å². The number of ether oxygens (including phenoxy) is 1. The molecule has 0 aromatic carbocycles. The first-order valence-corrected chi connectivity index (χ1v) is 4.91. The van der Waals surface area contributed by atoms with Gasteiger partial charge in [-0.2, -0.15) is 5.10 Å². The molecule has 0 spiro atoms. The van der Waals surface area contributed by atoms with E-state index in [9.17, 15) is 0 Å². The maximum Gasteiger partial charge on any atom is 0.0660 e. The first-order valence-electron chi connectivity index (χ1n) is 4.91. The summed E-state index contributed by atoms with van der Waals surface area (Å²) < 4.78 is 7.16. The Bertz CT molecular complexity index is 307. The Morgan fingerprint density at radius 1 is 1.50 bits per heavy atom. The van der Waals surface area contributed by atoms with E-state index in [0.717, 1.165) is 17.0 Å². The number of nitrogens with zero attached hydrogens (tertiary/aromatic N) is 2. The third-order valence-electron chi connectivity index (χ3n) is 2.44. The largest absolute Gasteiger partial charge is 0.380 e. The molecule has 0 aliphatic rings. The van der Waals surface area contributed by atoms with E-state index in [1.165, 1.54) is 0 Å². The Hall–Kier alpha value is -0.870. The normalized spacial score (nSPS) is 13.2. The van der Waals surface area contributed by atoms with Crippen LogP contribution in [0, 0.1) is 13.8 Å². The van der Waals surface area contributed by atoms with Gasteiger partial charge in [0.15, 0.2) is 0 Å². The van der Waals surface area contributed by atoms with Crippen LogP contribution in [0.4, 0.5) is 0 Å². The molecule has 1 aromatic rings. The Kier molecular flexibility index (Phi) is 3.66. The number of rotatable bonds is 4. The average Bonchev–Trinajstić information content (AvgIpc) is 2.38. The van der Waals surface area contributed by atoms with Crippen LogP contribution in [0.5, 0.6) is 0 Å². The fourth-order valence-corrected chi connectivity index (χ4v) is 1.65. The number of hydrogen-bond donors (Lipinski definition) is 1. The smallest absolute Gasteiger partial charge is 0.0660 e. The predicted octanol–water partition coefficient (Wildman–Crippen LogP) is 1.07. The monoisotopic (exact) mass is 197 g/mol. The summed E-state index contributed by atoms with van der Waals surface area (Å²) in [4.78, 5) is 0. The van der Waals surface area contributed by atoms with Crippen molar-refractivity contribution in [3.05, 3.63) is 17.0 Å². The second-order valence-electron chi connectivity index (χ2n) is 3.47. The van der Waals surface area contributed by atoms with E-state index in [-0.39, 0.29) is 6.04 Å². The van der Waals surface area contributed by atoms with Crippen molar-refractivity contribution < 1.29 is 4.74 Å². The van der Waals surface area contributed by atoms with Crippen LogP contribution >= 0.6 is 0 Å². The number of aromatic nitrogens is 2. The molecule has 2 N–H and O–H groups in total. The fourth-order valence-electron chi connectivity index (χ4n) is 1.65. The average molecular weight is 197 g/mol. The lowest BCUT2D eigenvalue weighted by atomic mass is 10.1. The highest BCUT2D eigenvalue weighted by Gasteiger charge is 2.16. The number of nitrogens with two attached hydrogens (primary N) is 1. The van der Waals surface area contributed by atoms with Crippen LogP contribution in [-0.4, -0.2) is 23.0 Å². The van der Waals surface area contributed by atoms with Crippen LogP contribution in [0.15, 0.2) is 0 Å². The maximum absolute atomic E-state index is 6.02.